The lowest BCUT2D eigenvalue weighted by atomic mass is 10.1. The molecule has 3 aromatic rings. The van der Waals surface area contributed by atoms with Crippen molar-refractivity contribution in [2.75, 3.05) is 6.26 Å². The lowest BCUT2D eigenvalue weighted by Gasteiger charge is -2.11. The van der Waals surface area contributed by atoms with Crippen LogP contribution in [0, 0.1) is 10.1 Å². The number of benzene rings is 3. The van der Waals surface area contributed by atoms with Crippen molar-refractivity contribution < 1.29 is 18.1 Å². The van der Waals surface area contributed by atoms with E-state index in [9.17, 15) is 18.5 Å². The van der Waals surface area contributed by atoms with Crippen LogP contribution in [0.5, 0.6) is 11.5 Å². The maximum absolute atomic E-state index is 11.6. The first kappa shape index (κ1) is 17.2. The minimum absolute atomic E-state index is 0.0510. The van der Waals surface area contributed by atoms with Gasteiger partial charge in [-0.1, -0.05) is 35.9 Å². The summed E-state index contributed by atoms with van der Waals surface area (Å²) < 4.78 is 28.9. The van der Waals surface area contributed by atoms with Gasteiger partial charge in [0.25, 0.3) is 0 Å². The van der Waals surface area contributed by atoms with Crippen LogP contribution in [0.3, 0.4) is 0 Å². The molecule has 0 spiro atoms. The standard InChI is InChI=1S/C17H12ClNO5S/c1-25(22,23)11-6-8-17(15(10-11)19(20)21)24-16-9-7-14(18)12-4-2-3-5-13(12)16/h2-10H,1H3. The summed E-state index contributed by atoms with van der Waals surface area (Å²) >= 11 is 6.15. The Bertz CT molecular complexity index is 1100. The van der Waals surface area contributed by atoms with E-state index in [1.165, 1.54) is 12.1 Å². The van der Waals surface area contributed by atoms with Gasteiger partial charge in [0.2, 0.25) is 5.75 Å². The van der Waals surface area contributed by atoms with Crippen molar-refractivity contribution in [2.45, 2.75) is 4.90 Å². The summed E-state index contributed by atoms with van der Waals surface area (Å²) in [5.41, 5.74) is -0.429. The van der Waals surface area contributed by atoms with Crippen LogP contribution in [0.1, 0.15) is 0 Å². The van der Waals surface area contributed by atoms with E-state index in [-0.39, 0.29) is 10.6 Å². The van der Waals surface area contributed by atoms with E-state index >= 15 is 0 Å². The molecule has 0 aliphatic rings. The molecule has 8 heteroatoms. The predicted octanol–water partition coefficient (Wildman–Crippen LogP) is 4.60. The van der Waals surface area contributed by atoms with Gasteiger partial charge < -0.3 is 4.74 Å². The van der Waals surface area contributed by atoms with Crippen LogP contribution in [0.15, 0.2) is 59.5 Å². The van der Waals surface area contributed by atoms with Gasteiger partial charge in [-0.3, -0.25) is 10.1 Å². The van der Waals surface area contributed by atoms with Gasteiger partial charge in [0.1, 0.15) is 5.75 Å². The first-order valence-electron chi connectivity index (χ1n) is 7.11. The molecule has 0 aromatic heterocycles. The fourth-order valence-electron chi connectivity index (χ4n) is 2.40. The smallest absolute Gasteiger partial charge is 0.312 e. The van der Waals surface area contributed by atoms with E-state index < -0.39 is 20.4 Å². The van der Waals surface area contributed by atoms with Crippen molar-refractivity contribution in [2.24, 2.45) is 0 Å². The SMILES string of the molecule is CS(=O)(=O)c1ccc(Oc2ccc(Cl)c3ccccc23)c([N+](=O)[O-])c1. The molecule has 0 atom stereocenters. The zero-order valence-corrected chi connectivity index (χ0v) is 14.5. The number of nitrogens with zero attached hydrogens (tertiary/aromatic N) is 1. The number of hydrogen-bond donors (Lipinski definition) is 0. The molecule has 0 unspecified atom stereocenters. The molecular weight excluding hydrogens is 366 g/mol. The fourth-order valence-corrected chi connectivity index (χ4v) is 3.27. The van der Waals surface area contributed by atoms with E-state index in [4.69, 9.17) is 16.3 Å². The Kier molecular flexibility index (Phi) is 4.36. The molecule has 6 nitrogen and oxygen atoms in total. The summed E-state index contributed by atoms with van der Waals surface area (Å²) in [4.78, 5) is 10.5. The second-order valence-corrected chi connectivity index (χ2v) is 7.77. The van der Waals surface area contributed by atoms with Crippen LogP contribution >= 0.6 is 11.6 Å². The van der Waals surface area contributed by atoms with Gasteiger partial charge in [0.05, 0.1) is 9.82 Å². The molecule has 0 radical (unpaired) electrons. The predicted molar refractivity (Wildman–Crippen MR) is 95.2 cm³/mol. The van der Waals surface area contributed by atoms with Crippen molar-refractivity contribution in [3.05, 3.63) is 69.7 Å². The van der Waals surface area contributed by atoms with E-state index in [0.717, 1.165) is 17.7 Å². The van der Waals surface area contributed by atoms with Crippen molar-refractivity contribution in [3.63, 3.8) is 0 Å². The molecule has 0 saturated heterocycles. The molecule has 0 amide bonds. The van der Waals surface area contributed by atoms with Crippen LogP contribution in [0.25, 0.3) is 10.8 Å². The van der Waals surface area contributed by atoms with E-state index in [2.05, 4.69) is 0 Å². The number of nitro groups is 1. The highest BCUT2D eigenvalue weighted by atomic mass is 35.5. The van der Waals surface area contributed by atoms with Gasteiger partial charge in [-0.2, -0.15) is 0 Å². The number of fused-ring (bicyclic) bond motifs is 1. The molecule has 25 heavy (non-hydrogen) atoms. The maximum Gasteiger partial charge on any atom is 0.312 e. The van der Waals surface area contributed by atoms with Gasteiger partial charge in [0, 0.05) is 28.1 Å². The van der Waals surface area contributed by atoms with Gasteiger partial charge >= 0.3 is 5.69 Å². The quantitative estimate of drug-likeness (QED) is 0.490. The summed E-state index contributed by atoms with van der Waals surface area (Å²) in [5, 5.41) is 13.3. The molecule has 0 saturated carbocycles. The first-order chi connectivity index (χ1) is 11.8. The number of nitro benzene ring substituents is 1. The third-order valence-electron chi connectivity index (χ3n) is 3.61. The van der Waals surface area contributed by atoms with Crippen molar-refractivity contribution in [1.82, 2.24) is 0 Å². The van der Waals surface area contributed by atoms with Crippen molar-refractivity contribution in [1.29, 1.82) is 0 Å². The molecule has 0 N–H and O–H groups in total. The van der Waals surface area contributed by atoms with Gasteiger partial charge in [-0.25, -0.2) is 8.42 Å². The second-order valence-electron chi connectivity index (χ2n) is 5.35. The largest absolute Gasteiger partial charge is 0.449 e. The minimum Gasteiger partial charge on any atom is -0.449 e. The highest BCUT2D eigenvalue weighted by Crippen LogP contribution is 2.38. The number of rotatable bonds is 4. The third-order valence-corrected chi connectivity index (χ3v) is 5.05. The normalized spacial score (nSPS) is 11.4. The number of ether oxygens (including phenoxy) is 1. The van der Waals surface area contributed by atoms with Crippen LogP contribution in [0.2, 0.25) is 5.02 Å². The topological polar surface area (TPSA) is 86.5 Å². The zero-order chi connectivity index (χ0) is 18.2. The number of hydrogen-bond acceptors (Lipinski definition) is 5. The molecule has 0 bridgehead atoms. The van der Waals surface area contributed by atoms with Crippen molar-refractivity contribution >= 4 is 37.9 Å². The monoisotopic (exact) mass is 377 g/mol. The number of sulfone groups is 1. The first-order valence-corrected chi connectivity index (χ1v) is 9.38. The summed E-state index contributed by atoms with van der Waals surface area (Å²) in [6.07, 6.45) is 0.985. The lowest BCUT2D eigenvalue weighted by molar-refractivity contribution is -0.385. The Labute approximate surface area is 148 Å². The van der Waals surface area contributed by atoms with Gasteiger partial charge in [0.15, 0.2) is 9.84 Å². The zero-order valence-electron chi connectivity index (χ0n) is 13.0. The third kappa shape index (κ3) is 3.42. The van der Waals surface area contributed by atoms with E-state index in [1.54, 1.807) is 24.3 Å². The molecule has 0 heterocycles. The Morgan fingerprint density at radius 2 is 1.64 bits per heavy atom. The van der Waals surface area contributed by atoms with Crippen LogP contribution in [-0.2, 0) is 9.84 Å². The average molecular weight is 378 g/mol. The van der Waals surface area contributed by atoms with Crippen LogP contribution in [0.4, 0.5) is 5.69 Å². The molecule has 0 aliphatic carbocycles. The Hall–Kier alpha value is -2.64. The second kappa shape index (κ2) is 6.34. The maximum atomic E-state index is 11.6. The van der Waals surface area contributed by atoms with Crippen LogP contribution < -0.4 is 4.74 Å². The van der Waals surface area contributed by atoms with Crippen molar-refractivity contribution in [3.8, 4) is 11.5 Å². The molecule has 3 aromatic carbocycles. The van der Waals surface area contributed by atoms with Gasteiger partial charge in [-0.15, -0.1) is 0 Å². The Morgan fingerprint density at radius 3 is 2.28 bits per heavy atom. The summed E-state index contributed by atoms with van der Waals surface area (Å²) in [6.45, 7) is 0. The lowest BCUT2D eigenvalue weighted by Crippen LogP contribution is -2.00. The minimum atomic E-state index is -3.57. The summed E-state index contributed by atoms with van der Waals surface area (Å²) in [6, 6.07) is 14.0. The van der Waals surface area contributed by atoms with Gasteiger partial charge in [-0.05, 0) is 24.3 Å². The highest BCUT2D eigenvalue weighted by molar-refractivity contribution is 7.90. The Morgan fingerprint density at radius 1 is 1.00 bits per heavy atom. The molecular formula is C17H12ClNO5S. The summed E-state index contributed by atoms with van der Waals surface area (Å²) in [7, 11) is -3.57. The Balaban J connectivity index is 2.13. The fraction of sp³-hybridized carbons (Fsp3) is 0.0588. The van der Waals surface area contributed by atoms with E-state index in [1.807, 2.05) is 12.1 Å². The average Bonchev–Trinajstić information content (AvgIpc) is 2.57. The summed E-state index contributed by atoms with van der Waals surface area (Å²) in [5.74, 6) is 0.333. The molecule has 0 aliphatic heterocycles. The van der Waals surface area contributed by atoms with E-state index in [0.29, 0.717) is 16.2 Å². The molecule has 128 valence electrons. The highest BCUT2D eigenvalue weighted by Gasteiger charge is 2.21. The molecule has 3 rings (SSSR count). The number of halogens is 1. The molecule has 0 fully saturated rings. The van der Waals surface area contributed by atoms with Crippen LogP contribution in [-0.4, -0.2) is 19.6 Å².